The number of hydrogen-bond acceptors (Lipinski definition) is 7. The molecule has 2 N–H and O–H groups in total. The fourth-order valence-corrected chi connectivity index (χ4v) is 3.20. The number of hydrogen-bond donors (Lipinski definition) is 2. The smallest absolute Gasteiger partial charge is 0.252 e. The molecule has 28 heavy (non-hydrogen) atoms. The molecule has 9 nitrogen and oxygen atoms in total. The molecule has 0 radical (unpaired) electrons. The van der Waals surface area contributed by atoms with Gasteiger partial charge in [-0.2, -0.15) is 9.71 Å². The lowest BCUT2D eigenvalue weighted by Crippen LogP contribution is -2.41. The van der Waals surface area contributed by atoms with Crippen molar-refractivity contribution in [1.82, 2.24) is 25.1 Å². The van der Waals surface area contributed by atoms with Crippen LogP contribution in [-0.2, 0) is 22.1 Å². The molecule has 0 bridgehead atoms. The van der Waals surface area contributed by atoms with Crippen LogP contribution < -0.4 is 10.0 Å². The first-order valence-electron chi connectivity index (χ1n) is 8.38. The van der Waals surface area contributed by atoms with Crippen LogP contribution in [0.2, 0.25) is 0 Å². The molecule has 0 unspecified atom stereocenters. The molecule has 1 heterocycles. The molecule has 10 heteroatoms. The molecule has 2 aromatic rings. The van der Waals surface area contributed by atoms with E-state index >= 15 is 0 Å². The third-order valence-corrected chi connectivity index (χ3v) is 5.11. The van der Waals surface area contributed by atoms with Crippen molar-refractivity contribution in [1.29, 1.82) is 0 Å². The number of benzene rings is 1. The van der Waals surface area contributed by atoms with Gasteiger partial charge in [0.1, 0.15) is 0 Å². The van der Waals surface area contributed by atoms with Crippen LogP contribution in [0, 0.1) is 12.3 Å². The Morgan fingerprint density at radius 1 is 1.29 bits per heavy atom. The first kappa shape index (κ1) is 21.6. The highest BCUT2D eigenvalue weighted by Gasteiger charge is 2.29. The van der Waals surface area contributed by atoms with Crippen molar-refractivity contribution >= 4 is 15.9 Å². The van der Waals surface area contributed by atoms with Crippen LogP contribution in [0.3, 0.4) is 0 Å². The van der Waals surface area contributed by atoms with E-state index < -0.39 is 21.5 Å². The molecule has 1 amide bonds. The Balaban J connectivity index is 2.11. The molecule has 0 aliphatic rings. The highest BCUT2D eigenvalue weighted by Crippen LogP contribution is 2.18. The summed E-state index contributed by atoms with van der Waals surface area (Å²) in [6.07, 6.45) is 5.06. The minimum absolute atomic E-state index is 0.0186. The Kier molecular flexibility index (Phi) is 6.56. The van der Waals surface area contributed by atoms with Crippen LogP contribution in [0.5, 0.6) is 0 Å². The van der Waals surface area contributed by atoms with Crippen molar-refractivity contribution in [2.45, 2.75) is 30.8 Å². The van der Waals surface area contributed by atoms with Gasteiger partial charge in [-0.3, -0.25) is 4.79 Å². The average molecular weight is 405 g/mol. The maximum Gasteiger partial charge on any atom is 0.252 e. The summed E-state index contributed by atoms with van der Waals surface area (Å²) >= 11 is 0. The lowest BCUT2D eigenvalue weighted by atomic mass is 10.0. The van der Waals surface area contributed by atoms with Crippen molar-refractivity contribution in [3.63, 3.8) is 0 Å². The fraction of sp³-hybridized carbons (Fsp3) is 0.389. The number of amides is 1. The van der Waals surface area contributed by atoms with Gasteiger partial charge in [0.25, 0.3) is 5.91 Å². The van der Waals surface area contributed by atoms with Crippen LogP contribution in [0.25, 0.3) is 0 Å². The van der Waals surface area contributed by atoms with Crippen LogP contribution in [0.4, 0.5) is 0 Å². The third kappa shape index (κ3) is 5.39. The van der Waals surface area contributed by atoms with Crippen molar-refractivity contribution in [2.75, 3.05) is 20.6 Å². The summed E-state index contributed by atoms with van der Waals surface area (Å²) in [4.78, 5) is 18.8. The molecule has 0 aliphatic heterocycles. The molecule has 0 spiro atoms. The van der Waals surface area contributed by atoms with Gasteiger partial charge >= 0.3 is 0 Å². The first-order valence-corrected chi connectivity index (χ1v) is 9.87. The average Bonchev–Trinajstić information content (AvgIpc) is 3.08. The second kappa shape index (κ2) is 8.52. The molecular formula is C18H23N5O4S. The Bertz CT molecular complexity index is 972. The predicted molar refractivity (Wildman–Crippen MR) is 103 cm³/mol. The van der Waals surface area contributed by atoms with Gasteiger partial charge in [-0.15, -0.1) is 6.42 Å². The van der Waals surface area contributed by atoms with Crippen molar-refractivity contribution in [2.24, 2.45) is 0 Å². The van der Waals surface area contributed by atoms with Crippen molar-refractivity contribution in [3.05, 3.63) is 41.5 Å². The van der Waals surface area contributed by atoms with E-state index in [9.17, 15) is 13.2 Å². The minimum atomic E-state index is -3.71. The summed E-state index contributed by atoms with van der Waals surface area (Å²) in [5.74, 6) is 2.59. The highest BCUT2D eigenvalue weighted by molar-refractivity contribution is 7.89. The first-order chi connectivity index (χ1) is 13.0. The molecule has 0 fully saturated rings. The van der Waals surface area contributed by atoms with Crippen LogP contribution in [0.1, 0.15) is 35.9 Å². The van der Waals surface area contributed by atoms with E-state index in [-0.39, 0.29) is 11.4 Å². The molecule has 0 aliphatic carbocycles. The van der Waals surface area contributed by atoms with E-state index in [0.29, 0.717) is 23.8 Å². The van der Waals surface area contributed by atoms with E-state index in [1.54, 1.807) is 13.8 Å². The summed E-state index contributed by atoms with van der Waals surface area (Å²) in [5, 5.41) is 6.75. The van der Waals surface area contributed by atoms with Gasteiger partial charge in [0, 0.05) is 5.56 Å². The number of sulfonamides is 1. The van der Waals surface area contributed by atoms with Crippen LogP contribution >= 0.6 is 0 Å². The monoisotopic (exact) mass is 405 g/mol. The van der Waals surface area contributed by atoms with E-state index in [4.69, 9.17) is 10.9 Å². The van der Waals surface area contributed by atoms with Crippen molar-refractivity contribution < 1.29 is 17.7 Å². The minimum Gasteiger partial charge on any atom is -0.340 e. The summed E-state index contributed by atoms with van der Waals surface area (Å²) in [6.45, 7) is 3.87. The maximum atomic E-state index is 12.6. The largest absolute Gasteiger partial charge is 0.340 e. The number of nitrogens with zero attached hydrogens (tertiary/aromatic N) is 3. The zero-order valence-corrected chi connectivity index (χ0v) is 17.0. The van der Waals surface area contributed by atoms with E-state index in [1.807, 2.05) is 19.0 Å². The Morgan fingerprint density at radius 3 is 2.50 bits per heavy atom. The summed E-state index contributed by atoms with van der Waals surface area (Å²) in [6, 6.07) is 5.52. The molecule has 1 aromatic heterocycles. The van der Waals surface area contributed by atoms with E-state index in [0.717, 1.165) is 0 Å². The van der Waals surface area contributed by atoms with Crippen LogP contribution in [0.15, 0.2) is 33.7 Å². The standard InChI is InChI=1S/C18H23N5O4S/c1-6-11-19-28(25,26)14-9-7-13(8-10-14)16(24)21-18(2,3)17-20-15(27-22-17)12-23(4)5/h1,7-10,19H,11-12H2,2-5H3,(H,21,24). The lowest BCUT2D eigenvalue weighted by molar-refractivity contribution is 0.0907. The molecule has 0 saturated heterocycles. The number of aromatic nitrogens is 2. The van der Waals surface area contributed by atoms with Gasteiger partial charge in [-0.1, -0.05) is 11.1 Å². The van der Waals surface area contributed by atoms with E-state index in [1.165, 1.54) is 24.3 Å². The van der Waals surface area contributed by atoms with Gasteiger partial charge in [0.2, 0.25) is 15.9 Å². The summed E-state index contributed by atoms with van der Waals surface area (Å²) in [7, 11) is 0.0446. The number of carbonyl (C=O) groups is 1. The zero-order chi connectivity index (χ0) is 20.9. The van der Waals surface area contributed by atoms with Gasteiger partial charge < -0.3 is 14.7 Å². The normalized spacial score (nSPS) is 12.0. The van der Waals surface area contributed by atoms with Crippen LogP contribution in [-0.4, -0.2) is 50.0 Å². The SMILES string of the molecule is C#CCNS(=O)(=O)c1ccc(C(=O)NC(C)(C)c2noc(CN(C)C)n2)cc1. The molecular weight excluding hydrogens is 382 g/mol. The zero-order valence-electron chi connectivity index (χ0n) is 16.2. The van der Waals surface area contributed by atoms with E-state index in [2.05, 4.69) is 26.1 Å². The number of nitrogens with one attached hydrogen (secondary N) is 2. The molecule has 0 atom stereocenters. The Hall–Kier alpha value is -2.74. The third-order valence-electron chi connectivity index (χ3n) is 3.70. The molecule has 2 rings (SSSR count). The lowest BCUT2D eigenvalue weighted by Gasteiger charge is -2.22. The second-order valence-electron chi connectivity index (χ2n) is 6.88. The van der Waals surface area contributed by atoms with Crippen molar-refractivity contribution in [3.8, 4) is 12.3 Å². The van der Waals surface area contributed by atoms with Gasteiger partial charge in [-0.05, 0) is 52.2 Å². The Morgan fingerprint density at radius 2 is 1.93 bits per heavy atom. The summed E-state index contributed by atoms with van der Waals surface area (Å²) < 4.78 is 31.5. The highest BCUT2D eigenvalue weighted by atomic mass is 32.2. The quantitative estimate of drug-likeness (QED) is 0.621. The molecule has 150 valence electrons. The van der Waals surface area contributed by atoms with Gasteiger partial charge in [-0.25, -0.2) is 8.42 Å². The molecule has 1 aromatic carbocycles. The van der Waals surface area contributed by atoms with Gasteiger partial charge in [0.05, 0.1) is 23.5 Å². The number of terminal acetylenes is 1. The maximum absolute atomic E-state index is 12.6. The van der Waals surface area contributed by atoms with Gasteiger partial charge in [0.15, 0.2) is 5.82 Å². The topological polar surface area (TPSA) is 117 Å². The second-order valence-corrected chi connectivity index (χ2v) is 8.65. The Labute approximate surface area is 164 Å². The fourth-order valence-electron chi connectivity index (χ4n) is 2.26. The summed E-state index contributed by atoms with van der Waals surface area (Å²) in [5.41, 5.74) is -0.592. The predicted octanol–water partition coefficient (Wildman–Crippen LogP) is 0.708. The number of carbonyl (C=O) groups excluding carboxylic acids is 1. The molecule has 0 saturated carbocycles. The number of rotatable bonds is 8.